The summed E-state index contributed by atoms with van der Waals surface area (Å²) in [6.07, 6.45) is 4.32. The largest absolute Gasteiger partial charge is 0.384 e. The maximum atomic E-state index is 13.0. The van der Waals surface area contributed by atoms with Crippen LogP contribution in [0.25, 0.3) is 0 Å². The highest BCUT2D eigenvalue weighted by Crippen LogP contribution is 2.33. The van der Waals surface area contributed by atoms with E-state index in [1.165, 1.54) is 5.56 Å². The number of benzene rings is 1. The Labute approximate surface area is 137 Å². The summed E-state index contributed by atoms with van der Waals surface area (Å²) >= 11 is 0. The Morgan fingerprint density at radius 2 is 2.13 bits per heavy atom. The molecule has 1 aromatic carbocycles. The first-order valence-corrected chi connectivity index (χ1v) is 8.16. The van der Waals surface area contributed by atoms with Gasteiger partial charge in [0, 0.05) is 30.7 Å². The second-order valence-electron chi connectivity index (χ2n) is 6.59. The Bertz CT molecular complexity index is 711. The van der Waals surface area contributed by atoms with E-state index in [9.17, 15) is 4.79 Å². The van der Waals surface area contributed by atoms with Crippen LogP contribution in [0.3, 0.4) is 0 Å². The summed E-state index contributed by atoms with van der Waals surface area (Å²) in [6, 6.07) is 10.2. The van der Waals surface area contributed by atoms with Gasteiger partial charge in [-0.1, -0.05) is 32.0 Å². The average Bonchev–Trinajstić information content (AvgIpc) is 2.88. The summed E-state index contributed by atoms with van der Waals surface area (Å²) < 4.78 is 0. The van der Waals surface area contributed by atoms with Gasteiger partial charge in [-0.15, -0.1) is 0 Å². The summed E-state index contributed by atoms with van der Waals surface area (Å²) in [5, 5.41) is 3.33. The first-order chi connectivity index (χ1) is 11.1. The van der Waals surface area contributed by atoms with Gasteiger partial charge in [0.2, 0.25) is 0 Å². The zero-order chi connectivity index (χ0) is 16.4. The van der Waals surface area contributed by atoms with Crippen molar-refractivity contribution in [2.45, 2.75) is 33.2 Å². The van der Waals surface area contributed by atoms with Crippen molar-refractivity contribution >= 4 is 17.3 Å². The maximum Gasteiger partial charge on any atom is 0.260 e. The monoisotopic (exact) mass is 309 g/mol. The molecule has 1 N–H and O–H groups in total. The van der Waals surface area contributed by atoms with Crippen LogP contribution >= 0.6 is 0 Å². The van der Waals surface area contributed by atoms with E-state index in [0.29, 0.717) is 11.5 Å². The van der Waals surface area contributed by atoms with E-state index in [1.807, 2.05) is 29.2 Å². The van der Waals surface area contributed by atoms with Gasteiger partial charge in [-0.3, -0.25) is 9.78 Å². The zero-order valence-corrected chi connectivity index (χ0v) is 13.9. The van der Waals surface area contributed by atoms with Gasteiger partial charge in [0.1, 0.15) is 0 Å². The molecule has 120 valence electrons. The maximum absolute atomic E-state index is 13.0. The van der Waals surface area contributed by atoms with Crippen LogP contribution in [0, 0.1) is 5.92 Å². The molecule has 1 unspecified atom stereocenters. The normalized spacial score (nSPS) is 16.5. The van der Waals surface area contributed by atoms with Gasteiger partial charge in [-0.25, -0.2) is 0 Å². The van der Waals surface area contributed by atoms with E-state index < -0.39 is 0 Å². The number of anilines is 2. The molecule has 2 aromatic rings. The minimum atomic E-state index is 0.0168. The summed E-state index contributed by atoms with van der Waals surface area (Å²) in [5.74, 6) is 0.558. The smallest absolute Gasteiger partial charge is 0.260 e. The fraction of sp³-hybridized carbons (Fsp3) is 0.368. The molecule has 0 radical (unpaired) electrons. The van der Waals surface area contributed by atoms with E-state index in [1.54, 1.807) is 12.4 Å². The van der Waals surface area contributed by atoms with E-state index in [4.69, 9.17) is 0 Å². The van der Waals surface area contributed by atoms with Gasteiger partial charge >= 0.3 is 0 Å². The molecule has 1 aliphatic rings. The number of carbonyl (C=O) groups excluding carboxylic acids is 1. The van der Waals surface area contributed by atoms with E-state index >= 15 is 0 Å². The van der Waals surface area contributed by atoms with Gasteiger partial charge in [0.15, 0.2) is 0 Å². The molecule has 2 heterocycles. The van der Waals surface area contributed by atoms with Crippen LogP contribution < -0.4 is 10.2 Å². The lowest BCUT2D eigenvalue weighted by atomic mass is 10.1. The highest BCUT2D eigenvalue weighted by atomic mass is 16.2. The van der Waals surface area contributed by atoms with Gasteiger partial charge < -0.3 is 10.2 Å². The number of para-hydroxylation sites is 1. The third-order valence-corrected chi connectivity index (χ3v) is 4.13. The molecule has 3 rings (SSSR count). The predicted molar refractivity (Wildman–Crippen MR) is 94.0 cm³/mol. The molecule has 4 heteroatoms. The standard InChI is InChI=1S/C19H23N3O/c1-13(2)10-21-17-9-16(11-20-12-17)19(23)22-14(3)8-15-6-4-5-7-18(15)22/h4-7,9,11-14,21H,8,10H2,1-3H3. The molecule has 1 amide bonds. The minimum absolute atomic E-state index is 0.0168. The van der Waals surface area contributed by atoms with Crippen LogP contribution in [0.5, 0.6) is 0 Å². The van der Waals surface area contributed by atoms with Crippen molar-refractivity contribution in [1.29, 1.82) is 0 Å². The molecule has 4 nitrogen and oxygen atoms in total. The van der Waals surface area contributed by atoms with E-state index in [-0.39, 0.29) is 11.9 Å². The number of hydrogen-bond acceptors (Lipinski definition) is 3. The Hall–Kier alpha value is -2.36. The van der Waals surface area contributed by atoms with Gasteiger partial charge in [0.05, 0.1) is 11.3 Å². The number of nitrogens with zero attached hydrogens (tertiary/aromatic N) is 2. The molecule has 1 atom stereocenters. The molecular formula is C19H23N3O. The van der Waals surface area contributed by atoms with Crippen molar-refractivity contribution < 1.29 is 4.79 Å². The Morgan fingerprint density at radius 1 is 1.35 bits per heavy atom. The summed E-state index contributed by atoms with van der Waals surface area (Å²) in [4.78, 5) is 19.1. The second-order valence-corrected chi connectivity index (χ2v) is 6.59. The van der Waals surface area contributed by atoms with Crippen molar-refractivity contribution in [1.82, 2.24) is 4.98 Å². The van der Waals surface area contributed by atoms with Crippen LogP contribution in [0.4, 0.5) is 11.4 Å². The van der Waals surface area contributed by atoms with Crippen molar-refractivity contribution in [2.24, 2.45) is 5.92 Å². The van der Waals surface area contributed by atoms with Gasteiger partial charge in [0.25, 0.3) is 5.91 Å². The number of aromatic nitrogens is 1. The highest BCUT2D eigenvalue weighted by Gasteiger charge is 2.31. The molecular weight excluding hydrogens is 286 g/mol. The number of rotatable bonds is 4. The van der Waals surface area contributed by atoms with Crippen LogP contribution in [0.1, 0.15) is 36.7 Å². The van der Waals surface area contributed by atoms with Gasteiger partial charge in [-0.05, 0) is 37.0 Å². The molecule has 0 aliphatic carbocycles. The third kappa shape index (κ3) is 3.21. The number of carbonyl (C=O) groups is 1. The molecule has 0 bridgehead atoms. The number of amides is 1. The SMILES string of the molecule is CC(C)CNc1cncc(C(=O)N2c3ccccc3CC2C)c1. The van der Waals surface area contributed by atoms with Crippen molar-refractivity contribution in [2.75, 3.05) is 16.8 Å². The molecule has 0 spiro atoms. The lowest BCUT2D eigenvalue weighted by Gasteiger charge is -2.23. The lowest BCUT2D eigenvalue weighted by Crippen LogP contribution is -2.35. The van der Waals surface area contributed by atoms with Crippen molar-refractivity contribution in [3.05, 3.63) is 53.9 Å². The topological polar surface area (TPSA) is 45.2 Å². The number of nitrogens with one attached hydrogen (secondary N) is 1. The molecule has 0 fully saturated rings. The predicted octanol–water partition coefficient (Wildman–Crippen LogP) is 3.74. The first kappa shape index (κ1) is 15.5. The lowest BCUT2D eigenvalue weighted by molar-refractivity contribution is 0.0981. The minimum Gasteiger partial charge on any atom is -0.384 e. The second kappa shape index (κ2) is 6.41. The molecule has 1 aliphatic heterocycles. The number of hydrogen-bond donors (Lipinski definition) is 1. The average molecular weight is 309 g/mol. The fourth-order valence-electron chi connectivity index (χ4n) is 2.99. The summed E-state index contributed by atoms with van der Waals surface area (Å²) in [6.45, 7) is 7.25. The Kier molecular flexibility index (Phi) is 4.33. The third-order valence-electron chi connectivity index (χ3n) is 4.13. The van der Waals surface area contributed by atoms with Crippen LogP contribution in [0.2, 0.25) is 0 Å². The Balaban J connectivity index is 1.85. The van der Waals surface area contributed by atoms with E-state index in [0.717, 1.165) is 24.3 Å². The fourth-order valence-corrected chi connectivity index (χ4v) is 2.99. The van der Waals surface area contributed by atoms with Crippen LogP contribution in [-0.2, 0) is 6.42 Å². The van der Waals surface area contributed by atoms with Crippen LogP contribution in [-0.4, -0.2) is 23.5 Å². The molecule has 0 saturated carbocycles. The molecule has 23 heavy (non-hydrogen) atoms. The molecule has 1 aromatic heterocycles. The van der Waals surface area contributed by atoms with Gasteiger partial charge in [-0.2, -0.15) is 0 Å². The summed E-state index contributed by atoms with van der Waals surface area (Å²) in [7, 11) is 0. The summed E-state index contributed by atoms with van der Waals surface area (Å²) in [5.41, 5.74) is 3.77. The quantitative estimate of drug-likeness (QED) is 0.935. The van der Waals surface area contributed by atoms with Crippen LogP contribution in [0.15, 0.2) is 42.7 Å². The zero-order valence-electron chi connectivity index (χ0n) is 13.9. The number of fused-ring (bicyclic) bond motifs is 1. The highest BCUT2D eigenvalue weighted by molar-refractivity contribution is 6.08. The van der Waals surface area contributed by atoms with E-state index in [2.05, 4.69) is 37.1 Å². The molecule has 0 saturated heterocycles. The first-order valence-electron chi connectivity index (χ1n) is 8.16. The van der Waals surface area contributed by atoms with Crippen molar-refractivity contribution in [3.8, 4) is 0 Å². The Morgan fingerprint density at radius 3 is 2.91 bits per heavy atom. The number of pyridine rings is 1. The van der Waals surface area contributed by atoms with Crippen molar-refractivity contribution in [3.63, 3.8) is 0 Å².